The molecule has 4 aliphatic carbocycles. The highest BCUT2D eigenvalue weighted by molar-refractivity contribution is 9.10. The lowest BCUT2D eigenvalue weighted by molar-refractivity contribution is -0.232. The second-order valence-electron chi connectivity index (χ2n) is 9.05. The molecule has 0 amide bonds. The molecule has 0 heterocycles. The summed E-state index contributed by atoms with van der Waals surface area (Å²) in [6.45, 7) is 7.22. The summed E-state index contributed by atoms with van der Waals surface area (Å²) in [6, 6.07) is 0. The summed E-state index contributed by atoms with van der Waals surface area (Å²) in [6.07, 6.45) is 5.39. The van der Waals surface area contributed by atoms with E-state index >= 15 is 0 Å². The van der Waals surface area contributed by atoms with E-state index in [1.807, 2.05) is 0 Å². The van der Waals surface area contributed by atoms with Crippen molar-refractivity contribution in [1.82, 2.24) is 0 Å². The molecule has 4 saturated carbocycles. The Labute approximate surface area is 160 Å². The monoisotopic (exact) mass is 464 g/mol. The summed E-state index contributed by atoms with van der Waals surface area (Å²) in [5, 5.41) is 0. The van der Waals surface area contributed by atoms with E-state index in [2.05, 4.69) is 31.9 Å². The van der Waals surface area contributed by atoms with Crippen LogP contribution in [0, 0.1) is 11.8 Å². The van der Waals surface area contributed by atoms with E-state index in [4.69, 9.17) is 9.47 Å². The second-order valence-corrected chi connectivity index (χ2v) is 13.0. The van der Waals surface area contributed by atoms with Crippen molar-refractivity contribution in [3.05, 3.63) is 0 Å². The molecule has 0 N–H and O–H groups in total. The van der Waals surface area contributed by atoms with Crippen LogP contribution in [0.4, 0.5) is 0 Å². The van der Waals surface area contributed by atoms with Crippen molar-refractivity contribution in [3.63, 3.8) is 0 Å². The van der Waals surface area contributed by atoms with Crippen molar-refractivity contribution >= 4 is 43.8 Å². The quantitative estimate of drug-likeness (QED) is 0.452. The van der Waals surface area contributed by atoms with Gasteiger partial charge >= 0.3 is 11.9 Å². The van der Waals surface area contributed by atoms with Gasteiger partial charge in [-0.1, -0.05) is 31.9 Å². The Morgan fingerprint density at radius 2 is 1.17 bits per heavy atom. The minimum atomic E-state index is -0.696. The highest BCUT2D eigenvalue weighted by Crippen LogP contribution is 2.60. The number of carbonyl (C=O) groups excluding carboxylic acids is 2. The Bertz CT molecular complexity index is 498. The lowest BCUT2D eigenvalue weighted by atomic mass is 9.52. The van der Waals surface area contributed by atoms with E-state index in [9.17, 15) is 9.59 Å². The Morgan fingerprint density at radius 1 is 0.833 bits per heavy atom. The summed E-state index contributed by atoms with van der Waals surface area (Å²) in [4.78, 5) is 24.9. The number of halogens is 2. The smallest absolute Gasteiger partial charge is 0.322 e. The fourth-order valence-electron chi connectivity index (χ4n) is 4.97. The maximum absolute atomic E-state index is 12.5. The van der Waals surface area contributed by atoms with Crippen molar-refractivity contribution in [2.24, 2.45) is 11.8 Å². The average Bonchev–Trinajstić information content (AvgIpc) is 2.33. The van der Waals surface area contributed by atoms with Gasteiger partial charge in [0, 0.05) is 6.42 Å². The Balaban J connectivity index is 1.82. The van der Waals surface area contributed by atoms with Crippen LogP contribution < -0.4 is 0 Å². The summed E-state index contributed by atoms with van der Waals surface area (Å²) >= 11 is 6.79. The van der Waals surface area contributed by atoms with E-state index in [-0.39, 0.29) is 11.9 Å². The Hall–Kier alpha value is -0.100. The molecule has 4 aliphatic rings. The standard InChI is InChI=1S/C18H26Br2O4/c1-15(2,19)13(21)23-17-6-11-5-12(7-17)9-18(8-11,10-17)24-14(22)16(3,4)20/h11-12H,5-10H2,1-4H3. The molecule has 24 heavy (non-hydrogen) atoms. The molecule has 0 aromatic carbocycles. The number of esters is 2. The van der Waals surface area contributed by atoms with Crippen LogP contribution in [0.25, 0.3) is 0 Å². The van der Waals surface area contributed by atoms with Crippen molar-refractivity contribution in [1.29, 1.82) is 0 Å². The highest BCUT2D eigenvalue weighted by atomic mass is 79.9. The van der Waals surface area contributed by atoms with E-state index in [1.54, 1.807) is 27.7 Å². The first kappa shape index (κ1) is 18.7. The summed E-state index contributed by atoms with van der Waals surface area (Å²) < 4.78 is 10.6. The molecule has 0 aromatic rings. The number of ether oxygens (including phenoxy) is 2. The summed E-state index contributed by atoms with van der Waals surface area (Å²) in [5.41, 5.74) is -0.939. The SMILES string of the molecule is CC(C)(Br)C(=O)OC12CC3CC(C1)CC(OC(=O)C(C)(C)Br)(C3)C2. The lowest BCUT2D eigenvalue weighted by Crippen LogP contribution is -2.62. The van der Waals surface area contributed by atoms with Crippen LogP contribution in [0.2, 0.25) is 0 Å². The van der Waals surface area contributed by atoms with Crippen LogP contribution in [0.1, 0.15) is 66.2 Å². The van der Waals surface area contributed by atoms with Gasteiger partial charge in [-0.3, -0.25) is 9.59 Å². The minimum absolute atomic E-state index is 0.230. The van der Waals surface area contributed by atoms with Crippen LogP contribution in [-0.4, -0.2) is 31.8 Å². The first-order valence-corrected chi connectivity index (χ1v) is 10.3. The topological polar surface area (TPSA) is 52.6 Å². The molecule has 6 heteroatoms. The molecule has 4 bridgehead atoms. The molecule has 0 radical (unpaired) electrons. The zero-order chi connectivity index (χ0) is 18.0. The van der Waals surface area contributed by atoms with Gasteiger partial charge < -0.3 is 9.47 Å². The first-order chi connectivity index (χ1) is 10.8. The maximum atomic E-state index is 12.5. The third kappa shape index (κ3) is 3.55. The van der Waals surface area contributed by atoms with Gasteiger partial charge in [-0.25, -0.2) is 0 Å². The molecular weight excluding hydrogens is 440 g/mol. The lowest BCUT2D eigenvalue weighted by Gasteiger charge is -2.60. The van der Waals surface area contributed by atoms with Gasteiger partial charge in [0.25, 0.3) is 0 Å². The van der Waals surface area contributed by atoms with E-state index in [0.29, 0.717) is 18.3 Å². The zero-order valence-corrected chi connectivity index (χ0v) is 18.0. The van der Waals surface area contributed by atoms with Crippen molar-refractivity contribution < 1.29 is 19.1 Å². The molecule has 4 rings (SSSR count). The zero-order valence-electron chi connectivity index (χ0n) is 14.8. The molecule has 136 valence electrons. The molecular formula is C18H26Br2O4. The van der Waals surface area contributed by atoms with Gasteiger partial charge in [0.1, 0.15) is 19.9 Å². The van der Waals surface area contributed by atoms with E-state index < -0.39 is 19.9 Å². The predicted octanol–water partition coefficient (Wildman–Crippen LogP) is 4.51. The molecule has 4 nitrogen and oxygen atoms in total. The molecule has 0 unspecified atom stereocenters. The van der Waals surface area contributed by atoms with E-state index in [0.717, 1.165) is 32.1 Å². The van der Waals surface area contributed by atoms with E-state index in [1.165, 1.54) is 0 Å². The minimum Gasteiger partial charge on any atom is -0.458 e. The second kappa shape index (κ2) is 5.70. The van der Waals surface area contributed by atoms with Crippen LogP contribution in [0.5, 0.6) is 0 Å². The molecule has 0 atom stereocenters. The fraction of sp³-hybridized carbons (Fsp3) is 0.889. The van der Waals surface area contributed by atoms with Gasteiger partial charge in [0.2, 0.25) is 0 Å². The Morgan fingerprint density at radius 3 is 1.46 bits per heavy atom. The number of hydrogen-bond acceptors (Lipinski definition) is 4. The summed E-state index contributed by atoms with van der Waals surface area (Å²) in [5.74, 6) is 0.492. The van der Waals surface area contributed by atoms with Crippen LogP contribution in [-0.2, 0) is 19.1 Å². The molecule has 0 saturated heterocycles. The molecule has 4 fully saturated rings. The highest BCUT2D eigenvalue weighted by Gasteiger charge is 2.62. The van der Waals surface area contributed by atoms with Crippen LogP contribution >= 0.6 is 31.9 Å². The van der Waals surface area contributed by atoms with Gasteiger partial charge in [-0.05, 0) is 71.6 Å². The predicted molar refractivity (Wildman–Crippen MR) is 98.3 cm³/mol. The number of hydrogen-bond donors (Lipinski definition) is 0. The molecule has 0 aromatic heterocycles. The Kier molecular flexibility index (Phi) is 4.44. The number of alkyl halides is 2. The van der Waals surface area contributed by atoms with Crippen molar-refractivity contribution in [3.8, 4) is 0 Å². The number of rotatable bonds is 4. The molecule has 0 aliphatic heterocycles. The van der Waals surface area contributed by atoms with Gasteiger partial charge in [0.05, 0.1) is 0 Å². The van der Waals surface area contributed by atoms with Crippen molar-refractivity contribution in [2.45, 2.75) is 86.1 Å². The summed E-state index contributed by atoms with van der Waals surface area (Å²) in [7, 11) is 0. The average molecular weight is 466 g/mol. The third-order valence-electron chi connectivity index (χ3n) is 5.54. The third-order valence-corrected chi connectivity index (χ3v) is 6.19. The van der Waals surface area contributed by atoms with Crippen LogP contribution in [0.3, 0.4) is 0 Å². The van der Waals surface area contributed by atoms with Crippen LogP contribution in [0.15, 0.2) is 0 Å². The molecule has 0 spiro atoms. The van der Waals surface area contributed by atoms with Crippen molar-refractivity contribution in [2.75, 3.05) is 0 Å². The van der Waals surface area contributed by atoms with Gasteiger partial charge in [-0.15, -0.1) is 0 Å². The van der Waals surface area contributed by atoms with Gasteiger partial charge in [-0.2, -0.15) is 0 Å². The number of carbonyl (C=O) groups is 2. The van der Waals surface area contributed by atoms with Gasteiger partial charge in [0.15, 0.2) is 0 Å². The first-order valence-electron chi connectivity index (χ1n) is 8.67. The maximum Gasteiger partial charge on any atom is 0.322 e. The largest absolute Gasteiger partial charge is 0.458 e. The fourth-order valence-corrected chi connectivity index (χ4v) is 5.13. The normalized spacial score (nSPS) is 38.1.